The number of urea groups is 1. The van der Waals surface area contributed by atoms with E-state index in [1.54, 1.807) is 45.9 Å². The molecule has 0 bridgehead atoms. The van der Waals surface area contributed by atoms with Crippen LogP contribution in [0.5, 0.6) is 11.5 Å². The van der Waals surface area contributed by atoms with Gasteiger partial charge in [0.05, 0.1) is 0 Å². The molecule has 7 heteroatoms. The van der Waals surface area contributed by atoms with Crippen molar-refractivity contribution in [1.29, 1.82) is 0 Å². The molecule has 2 rings (SSSR count). The third-order valence-electron chi connectivity index (χ3n) is 3.33. The van der Waals surface area contributed by atoms with E-state index in [4.69, 9.17) is 14.6 Å². The molecule has 0 radical (unpaired) electrons. The van der Waals surface area contributed by atoms with Crippen LogP contribution in [-0.2, 0) is 4.79 Å². The van der Waals surface area contributed by atoms with E-state index >= 15 is 0 Å². The maximum Gasteiger partial charge on any atom is 0.319 e. The van der Waals surface area contributed by atoms with Crippen molar-refractivity contribution in [2.75, 3.05) is 5.32 Å². The van der Waals surface area contributed by atoms with Crippen LogP contribution >= 0.6 is 0 Å². The quantitative estimate of drug-likeness (QED) is 0.774. The Labute approximate surface area is 135 Å². The number of benzene rings is 1. The van der Waals surface area contributed by atoms with Gasteiger partial charge >= 0.3 is 12.0 Å². The average Bonchev–Trinajstić information content (AvgIpc) is 2.69. The van der Waals surface area contributed by atoms with Gasteiger partial charge in [0, 0.05) is 37.6 Å². The third kappa shape index (κ3) is 4.77. The Morgan fingerprint density at radius 3 is 2.52 bits per heavy atom. The number of aliphatic carboxylic acids is 1. The topological polar surface area (TPSA) is 96.9 Å². The van der Waals surface area contributed by atoms with E-state index in [1.165, 1.54) is 0 Å². The largest absolute Gasteiger partial charge is 0.481 e. The van der Waals surface area contributed by atoms with Crippen molar-refractivity contribution < 1.29 is 24.2 Å². The first kappa shape index (κ1) is 16.9. The Bertz CT molecular complexity index is 625. The van der Waals surface area contributed by atoms with Crippen molar-refractivity contribution >= 4 is 17.7 Å². The molecule has 3 N–H and O–H groups in total. The van der Waals surface area contributed by atoms with Crippen LogP contribution in [0.4, 0.5) is 10.5 Å². The Morgan fingerprint density at radius 2 is 1.87 bits per heavy atom. The first-order valence-electron chi connectivity index (χ1n) is 7.39. The second kappa shape index (κ2) is 5.98. The van der Waals surface area contributed by atoms with Crippen molar-refractivity contribution in [3.05, 3.63) is 18.2 Å². The molecule has 0 fully saturated rings. The van der Waals surface area contributed by atoms with Crippen LogP contribution in [0.2, 0.25) is 0 Å². The molecular weight excluding hydrogens is 300 g/mol. The Kier molecular flexibility index (Phi) is 4.40. The van der Waals surface area contributed by atoms with Gasteiger partial charge in [0.1, 0.15) is 0 Å². The molecule has 1 aromatic rings. The molecule has 1 aromatic carbocycles. The number of ether oxygens (including phenoxy) is 2. The second-order valence-electron chi connectivity index (χ2n) is 6.62. The first-order valence-corrected chi connectivity index (χ1v) is 7.39. The van der Waals surface area contributed by atoms with E-state index in [1.807, 2.05) is 0 Å². The van der Waals surface area contributed by atoms with Crippen molar-refractivity contribution in [1.82, 2.24) is 5.32 Å². The summed E-state index contributed by atoms with van der Waals surface area (Å²) in [6, 6.07) is 4.73. The van der Waals surface area contributed by atoms with Gasteiger partial charge in [-0.2, -0.15) is 0 Å². The summed E-state index contributed by atoms with van der Waals surface area (Å²) >= 11 is 0. The monoisotopic (exact) mass is 322 g/mol. The van der Waals surface area contributed by atoms with Crippen LogP contribution in [0, 0.1) is 0 Å². The van der Waals surface area contributed by atoms with E-state index in [9.17, 15) is 9.59 Å². The fourth-order valence-electron chi connectivity index (χ4n) is 2.25. The van der Waals surface area contributed by atoms with Crippen molar-refractivity contribution in [2.24, 2.45) is 0 Å². The number of rotatable bonds is 5. The number of carbonyl (C=O) groups excluding carboxylic acids is 1. The zero-order valence-corrected chi connectivity index (χ0v) is 13.7. The number of hydrogen-bond acceptors (Lipinski definition) is 4. The SMILES string of the molecule is CC(C)(CCC(=O)O)NC(=O)Nc1ccc2c(c1)OC(C)(C)O2. The molecule has 0 saturated carbocycles. The smallest absolute Gasteiger partial charge is 0.319 e. The van der Waals surface area contributed by atoms with Gasteiger partial charge in [-0.3, -0.25) is 4.79 Å². The minimum absolute atomic E-state index is 0.00755. The minimum Gasteiger partial charge on any atom is -0.481 e. The fourth-order valence-corrected chi connectivity index (χ4v) is 2.25. The number of hydrogen-bond donors (Lipinski definition) is 3. The van der Waals surface area contributed by atoms with Gasteiger partial charge in [0.2, 0.25) is 5.79 Å². The molecule has 2 amide bonds. The number of fused-ring (bicyclic) bond motifs is 1. The van der Waals surface area contributed by atoms with Crippen LogP contribution < -0.4 is 20.1 Å². The Hall–Kier alpha value is -2.44. The van der Waals surface area contributed by atoms with E-state index in [0.29, 0.717) is 23.6 Å². The predicted octanol–water partition coefficient (Wildman–Crippen LogP) is 2.96. The van der Waals surface area contributed by atoms with Gasteiger partial charge in [-0.25, -0.2) is 4.79 Å². The average molecular weight is 322 g/mol. The number of amides is 2. The van der Waals surface area contributed by atoms with E-state index in [0.717, 1.165) is 0 Å². The zero-order valence-electron chi connectivity index (χ0n) is 13.7. The number of nitrogens with one attached hydrogen (secondary N) is 2. The van der Waals surface area contributed by atoms with Crippen LogP contribution in [0.3, 0.4) is 0 Å². The maximum absolute atomic E-state index is 12.1. The number of carboxylic acids is 1. The lowest BCUT2D eigenvalue weighted by Gasteiger charge is -2.25. The summed E-state index contributed by atoms with van der Waals surface area (Å²) in [5.74, 6) is -0.415. The van der Waals surface area contributed by atoms with E-state index in [-0.39, 0.29) is 6.42 Å². The molecule has 0 atom stereocenters. The first-order chi connectivity index (χ1) is 10.6. The van der Waals surface area contributed by atoms with Gasteiger partial charge in [-0.05, 0) is 32.4 Å². The van der Waals surface area contributed by atoms with E-state index < -0.39 is 23.3 Å². The molecule has 1 aliphatic heterocycles. The van der Waals surface area contributed by atoms with Crippen LogP contribution in [0.1, 0.15) is 40.5 Å². The standard InChI is InChI=1S/C16H22N2O5/c1-15(2,8-7-13(19)20)18-14(21)17-10-5-6-11-12(9-10)23-16(3,4)22-11/h5-6,9H,7-8H2,1-4H3,(H,19,20)(H2,17,18,21). The van der Waals surface area contributed by atoms with Gasteiger partial charge in [-0.1, -0.05) is 0 Å². The zero-order chi connectivity index (χ0) is 17.3. The summed E-state index contributed by atoms with van der Waals surface area (Å²) in [4.78, 5) is 22.7. The molecule has 0 aliphatic carbocycles. The van der Waals surface area contributed by atoms with Gasteiger partial charge < -0.3 is 25.2 Å². The molecule has 1 aliphatic rings. The fraction of sp³-hybridized carbons (Fsp3) is 0.500. The number of carboxylic acid groups (broad SMARTS) is 1. The minimum atomic E-state index is -0.890. The summed E-state index contributed by atoms with van der Waals surface area (Å²) in [6.45, 7) is 7.16. The van der Waals surface area contributed by atoms with Gasteiger partial charge in [0.25, 0.3) is 0 Å². The lowest BCUT2D eigenvalue weighted by molar-refractivity contribution is -0.137. The molecule has 126 valence electrons. The predicted molar refractivity (Wildman–Crippen MR) is 84.9 cm³/mol. The normalized spacial score (nSPS) is 15.1. The highest BCUT2D eigenvalue weighted by atomic mass is 16.7. The van der Waals surface area contributed by atoms with Gasteiger partial charge in [0.15, 0.2) is 11.5 Å². The van der Waals surface area contributed by atoms with Crippen LogP contribution in [0.15, 0.2) is 18.2 Å². The van der Waals surface area contributed by atoms with E-state index in [2.05, 4.69) is 10.6 Å². The number of carbonyl (C=O) groups is 2. The lowest BCUT2D eigenvalue weighted by Crippen LogP contribution is -2.45. The molecule has 0 spiro atoms. The molecule has 23 heavy (non-hydrogen) atoms. The summed E-state index contributed by atoms with van der Waals surface area (Å²) in [6.07, 6.45) is 0.331. The van der Waals surface area contributed by atoms with Crippen molar-refractivity contribution in [3.63, 3.8) is 0 Å². The summed E-state index contributed by atoms with van der Waals surface area (Å²) in [5, 5.41) is 14.2. The third-order valence-corrected chi connectivity index (χ3v) is 3.33. The highest BCUT2D eigenvalue weighted by molar-refractivity contribution is 5.90. The molecule has 1 heterocycles. The summed E-state index contributed by atoms with van der Waals surface area (Å²) in [5.41, 5.74) is -0.0579. The maximum atomic E-state index is 12.1. The van der Waals surface area contributed by atoms with Gasteiger partial charge in [-0.15, -0.1) is 0 Å². The summed E-state index contributed by atoms with van der Waals surface area (Å²) in [7, 11) is 0. The highest BCUT2D eigenvalue weighted by Crippen LogP contribution is 2.40. The lowest BCUT2D eigenvalue weighted by atomic mass is 9.99. The molecule has 0 aromatic heterocycles. The van der Waals surface area contributed by atoms with Crippen molar-refractivity contribution in [3.8, 4) is 11.5 Å². The molecular formula is C16H22N2O5. The Morgan fingerprint density at radius 1 is 1.22 bits per heavy atom. The molecule has 7 nitrogen and oxygen atoms in total. The second-order valence-corrected chi connectivity index (χ2v) is 6.62. The number of anilines is 1. The molecule has 0 unspecified atom stereocenters. The van der Waals surface area contributed by atoms with Crippen LogP contribution in [-0.4, -0.2) is 28.4 Å². The Balaban J connectivity index is 1.95. The highest BCUT2D eigenvalue weighted by Gasteiger charge is 2.31. The molecule has 0 saturated heterocycles. The summed E-state index contributed by atoms with van der Waals surface area (Å²) < 4.78 is 11.2. The van der Waals surface area contributed by atoms with Crippen LogP contribution in [0.25, 0.3) is 0 Å². The van der Waals surface area contributed by atoms with Crippen molar-refractivity contribution in [2.45, 2.75) is 51.9 Å².